The molecule has 23 heavy (non-hydrogen) atoms. The number of hydrogen-bond donors (Lipinski definition) is 2. The second-order valence-electron chi connectivity index (χ2n) is 6.13. The lowest BCUT2D eigenvalue weighted by Gasteiger charge is -2.33. The monoisotopic (exact) mass is 324 g/mol. The fourth-order valence-corrected chi connectivity index (χ4v) is 1.90. The molecule has 1 rings (SSSR count). The van der Waals surface area contributed by atoms with E-state index < -0.39 is 23.7 Å². The number of rotatable bonds is 9. The molecule has 1 aromatic carbocycles. The van der Waals surface area contributed by atoms with Gasteiger partial charge in [0.25, 0.3) is 0 Å². The van der Waals surface area contributed by atoms with Gasteiger partial charge in [0.2, 0.25) is 6.41 Å². The molecule has 7 heteroatoms. The third-order valence-electron chi connectivity index (χ3n) is 2.83. The van der Waals surface area contributed by atoms with Crippen LogP contribution in [-0.4, -0.2) is 40.2 Å². The quantitative estimate of drug-likeness (QED) is 0.531. The van der Waals surface area contributed by atoms with Gasteiger partial charge >= 0.3 is 5.97 Å². The average Bonchev–Trinajstić information content (AvgIpc) is 2.46. The predicted octanol–water partition coefficient (Wildman–Crippen LogP) is 1.74. The number of hydrogen-bond acceptors (Lipinski definition) is 5. The van der Waals surface area contributed by atoms with Crippen LogP contribution in [0.5, 0.6) is 0 Å². The molecule has 0 fully saturated rings. The van der Waals surface area contributed by atoms with Gasteiger partial charge in [-0.25, -0.2) is 9.86 Å². The van der Waals surface area contributed by atoms with Crippen molar-refractivity contribution >= 4 is 12.4 Å². The zero-order valence-electron chi connectivity index (χ0n) is 13.9. The normalized spacial score (nSPS) is 14.1. The highest BCUT2D eigenvalue weighted by molar-refractivity contribution is 5.76. The number of carbonyl (C=O) groups excluding carboxylic acids is 1. The number of benzene rings is 1. The Morgan fingerprint density at radius 2 is 1.96 bits per heavy atom. The number of amides is 1. The molecule has 1 amide bonds. The maximum Gasteiger partial charge on any atom is 0.330 e. The van der Waals surface area contributed by atoms with Crippen molar-refractivity contribution in [3.05, 3.63) is 35.9 Å². The Labute approximate surface area is 136 Å². The molecule has 0 unspecified atom stereocenters. The lowest BCUT2D eigenvalue weighted by molar-refractivity contribution is -0.240. The smallest absolute Gasteiger partial charge is 0.330 e. The summed E-state index contributed by atoms with van der Waals surface area (Å²) in [5, 5.41) is 10.2. The largest absolute Gasteiger partial charge is 0.480 e. The molecule has 0 aliphatic rings. The topological polar surface area (TPSA) is 88.1 Å². The Morgan fingerprint density at radius 3 is 2.43 bits per heavy atom. The zero-order chi connectivity index (χ0) is 17.5. The summed E-state index contributed by atoms with van der Waals surface area (Å²) in [7, 11) is 0. The molecule has 128 valence electrons. The van der Waals surface area contributed by atoms with E-state index in [4.69, 9.17) is 9.68 Å². The molecule has 0 heterocycles. The van der Waals surface area contributed by atoms with Crippen LogP contribution < -0.4 is 5.48 Å². The van der Waals surface area contributed by atoms with Crippen molar-refractivity contribution in [3.8, 4) is 0 Å². The third kappa shape index (κ3) is 6.77. The number of hydroxylamine groups is 3. The predicted molar refractivity (Wildman–Crippen MR) is 84.0 cm³/mol. The van der Waals surface area contributed by atoms with Gasteiger partial charge in [-0.1, -0.05) is 30.3 Å². The summed E-state index contributed by atoms with van der Waals surface area (Å²) in [6, 6.07) is 7.54. The summed E-state index contributed by atoms with van der Waals surface area (Å²) < 4.78 is 0. The molecule has 0 aromatic heterocycles. The van der Waals surface area contributed by atoms with Crippen LogP contribution in [-0.2, 0) is 25.9 Å². The van der Waals surface area contributed by atoms with E-state index in [0.717, 1.165) is 10.6 Å². The van der Waals surface area contributed by atoms with E-state index in [9.17, 15) is 14.7 Å². The second-order valence-corrected chi connectivity index (χ2v) is 6.13. The van der Waals surface area contributed by atoms with Gasteiger partial charge < -0.3 is 5.11 Å². The standard InChI is InChI=1S/C16H24N2O5/c1-12(17-22-10-13-8-6-5-7-9-13)14(15(20)21)18(11-19)23-16(2,3)4/h5-9,11-12,14,17H,10H2,1-4H3,(H,20,21)/t12-,14-/m0/s1. The number of carbonyl (C=O) groups is 2. The Kier molecular flexibility index (Phi) is 7.15. The molecular formula is C16H24N2O5. The SMILES string of the molecule is C[C@H](NOCc1ccccc1)[C@@H](C(=O)O)N(C=O)OC(C)(C)C. The number of aliphatic carboxylic acids is 1. The van der Waals surface area contributed by atoms with E-state index in [2.05, 4.69) is 5.48 Å². The lowest BCUT2D eigenvalue weighted by Crippen LogP contribution is -2.54. The van der Waals surface area contributed by atoms with Crippen LogP contribution >= 0.6 is 0 Å². The molecule has 0 radical (unpaired) electrons. The molecule has 0 bridgehead atoms. The second kappa shape index (κ2) is 8.61. The van der Waals surface area contributed by atoms with Gasteiger partial charge in [0.1, 0.15) is 0 Å². The first-order chi connectivity index (χ1) is 10.7. The minimum absolute atomic E-state index is 0.277. The van der Waals surface area contributed by atoms with Gasteiger partial charge in [-0.2, -0.15) is 5.48 Å². The Balaban J connectivity index is 2.64. The van der Waals surface area contributed by atoms with Gasteiger partial charge in [0.15, 0.2) is 6.04 Å². The first kappa shape index (κ1) is 19.1. The zero-order valence-corrected chi connectivity index (χ0v) is 13.9. The molecule has 0 aliphatic carbocycles. The van der Waals surface area contributed by atoms with Gasteiger partial charge in [-0.3, -0.25) is 14.5 Å². The Morgan fingerprint density at radius 1 is 1.35 bits per heavy atom. The molecule has 0 saturated carbocycles. The van der Waals surface area contributed by atoms with Crippen molar-refractivity contribution < 1.29 is 24.4 Å². The molecule has 0 saturated heterocycles. The van der Waals surface area contributed by atoms with E-state index in [1.807, 2.05) is 30.3 Å². The molecular weight excluding hydrogens is 300 g/mol. The van der Waals surface area contributed by atoms with Crippen molar-refractivity contribution in [2.45, 2.75) is 52.0 Å². The van der Waals surface area contributed by atoms with Crippen LogP contribution in [0.3, 0.4) is 0 Å². The first-order valence-corrected chi connectivity index (χ1v) is 7.31. The van der Waals surface area contributed by atoms with Gasteiger partial charge in [0, 0.05) is 0 Å². The molecule has 2 N–H and O–H groups in total. The van der Waals surface area contributed by atoms with Crippen molar-refractivity contribution in [1.29, 1.82) is 0 Å². The molecule has 0 aliphatic heterocycles. The van der Waals surface area contributed by atoms with Crippen LogP contribution in [0.4, 0.5) is 0 Å². The fraction of sp³-hybridized carbons (Fsp3) is 0.500. The fourth-order valence-electron chi connectivity index (χ4n) is 1.90. The summed E-state index contributed by atoms with van der Waals surface area (Å²) in [6.07, 6.45) is 0.361. The third-order valence-corrected chi connectivity index (χ3v) is 2.83. The van der Waals surface area contributed by atoms with E-state index in [1.165, 1.54) is 0 Å². The van der Waals surface area contributed by atoms with Crippen molar-refractivity contribution in [2.75, 3.05) is 0 Å². The van der Waals surface area contributed by atoms with Gasteiger partial charge in [0.05, 0.1) is 18.2 Å². The number of carboxylic acid groups (broad SMARTS) is 1. The molecule has 2 atom stereocenters. The van der Waals surface area contributed by atoms with Crippen molar-refractivity contribution in [3.63, 3.8) is 0 Å². The molecule has 7 nitrogen and oxygen atoms in total. The maximum absolute atomic E-state index is 11.5. The van der Waals surface area contributed by atoms with E-state index in [1.54, 1.807) is 27.7 Å². The number of nitrogens with one attached hydrogen (secondary N) is 1. The van der Waals surface area contributed by atoms with E-state index >= 15 is 0 Å². The summed E-state index contributed by atoms with van der Waals surface area (Å²) in [6.45, 7) is 7.07. The van der Waals surface area contributed by atoms with Crippen LogP contribution in [0.25, 0.3) is 0 Å². The lowest BCUT2D eigenvalue weighted by atomic mass is 10.1. The highest BCUT2D eigenvalue weighted by Gasteiger charge is 2.34. The van der Waals surface area contributed by atoms with Crippen molar-refractivity contribution in [2.24, 2.45) is 0 Å². The highest BCUT2D eigenvalue weighted by Crippen LogP contribution is 2.14. The highest BCUT2D eigenvalue weighted by atomic mass is 16.7. The van der Waals surface area contributed by atoms with Gasteiger partial charge in [-0.05, 0) is 33.3 Å². The van der Waals surface area contributed by atoms with E-state index in [-0.39, 0.29) is 6.61 Å². The Hall–Kier alpha value is -1.96. The van der Waals surface area contributed by atoms with Crippen LogP contribution in [0, 0.1) is 0 Å². The summed E-state index contributed by atoms with van der Waals surface area (Å²) in [5.41, 5.74) is 2.90. The maximum atomic E-state index is 11.5. The number of carboxylic acids is 1. The number of nitrogens with zero attached hydrogens (tertiary/aromatic N) is 1. The van der Waals surface area contributed by atoms with E-state index in [0.29, 0.717) is 6.41 Å². The van der Waals surface area contributed by atoms with Crippen molar-refractivity contribution in [1.82, 2.24) is 10.5 Å². The summed E-state index contributed by atoms with van der Waals surface area (Å²) in [4.78, 5) is 33.4. The van der Waals surface area contributed by atoms with Crippen LogP contribution in [0.1, 0.15) is 33.3 Å². The Bertz CT molecular complexity index is 501. The summed E-state index contributed by atoms with van der Waals surface area (Å²) >= 11 is 0. The first-order valence-electron chi connectivity index (χ1n) is 7.31. The van der Waals surface area contributed by atoms with Crippen LogP contribution in [0.2, 0.25) is 0 Å². The molecule has 0 spiro atoms. The minimum Gasteiger partial charge on any atom is -0.480 e. The summed E-state index contributed by atoms with van der Waals surface area (Å²) in [5.74, 6) is -1.19. The average molecular weight is 324 g/mol. The van der Waals surface area contributed by atoms with Crippen LogP contribution in [0.15, 0.2) is 30.3 Å². The van der Waals surface area contributed by atoms with Gasteiger partial charge in [-0.15, -0.1) is 0 Å². The molecule has 1 aromatic rings. The minimum atomic E-state index is -1.22.